The van der Waals surface area contributed by atoms with Crippen molar-refractivity contribution in [1.29, 1.82) is 0 Å². The monoisotopic (exact) mass is 269 g/mol. The maximum Gasteiger partial charge on any atom is 0.187 e. The van der Waals surface area contributed by atoms with Gasteiger partial charge in [0.1, 0.15) is 5.52 Å². The van der Waals surface area contributed by atoms with Gasteiger partial charge in [0.2, 0.25) is 0 Å². The van der Waals surface area contributed by atoms with Crippen molar-refractivity contribution in [3.05, 3.63) is 35.5 Å². The van der Waals surface area contributed by atoms with E-state index in [4.69, 9.17) is 0 Å². The summed E-state index contributed by atoms with van der Waals surface area (Å²) < 4.78 is 2.12. The highest BCUT2D eigenvalue weighted by molar-refractivity contribution is 7.13. The maximum absolute atomic E-state index is 4.35. The normalized spacial score (nSPS) is 11.6. The van der Waals surface area contributed by atoms with Crippen LogP contribution in [0.1, 0.15) is 12.6 Å². The van der Waals surface area contributed by atoms with Crippen LogP contribution in [0, 0.1) is 0 Å². The fraction of sp³-hybridized carbons (Fsp3) is 0.154. The topological polar surface area (TPSA) is 58.9 Å². The molecule has 4 heterocycles. The summed E-state index contributed by atoms with van der Waals surface area (Å²) in [6, 6.07) is 6.24. The standard InChI is InChI=1S/C13H11N5S/c1-2-9-6-8-7-14-15-11(8)13-17-16-12(18(9)13)10-4-3-5-19-10/h3-7H,2H2,1H3,(H,14,15). The Labute approximate surface area is 112 Å². The molecule has 6 heteroatoms. The average Bonchev–Trinajstić information content (AvgIpc) is 3.15. The minimum Gasteiger partial charge on any atom is -0.277 e. The molecule has 1 N–H and O–H groups in total. The molecule has 19 heavy (non-hydrogen) atoms. The quantitative estimate of drug-likeness (QED) is 0.608. The van der Waals surface area contributed by atoms with Crippen LogP contribution in [0.4, 0.5) is 0 Å². The van der Waals surface area contributed by atoms with Crippen LogP contribution in [-0.2, 0) is 6.42 Å². The van der Waals surface area contributed by atoms with E-state index in [2.05, 4.69) is 49.2 Å². The Morgan fingerprint density at radius 2 is 2.32 bits per heavy atom. The number of hydrogen-bond donors (Lipinski definition) is 1. The highest BCUT2D eigenvalue weighted by Crippen LogP contribution is 2.27. The van der Waals surface area contributed by atoms with Gasteiger partial charge in [0.25, 0.3) is 0 Å². The fourth-order valence-electron chi connectivity index (χ4n) is 2.37. The van der Waals surface area contributed by atoms with Crippen LogP contribution >= 0.6 is 11.3 Å². The molecule has 0 atom stereocenters. The van der Waals surface area contributed by atoms with Crippen molar-refractivity contribution in [2.24, 2.45) is 0 Å². The number of hydrogen-bond acceptors (Lipinski definition) is 4. The lowest BCUT2D eigenvalue weighted by molar-refractivity contribution is 0.986. The Morgan fingerprint density at radius 1 is 1.37 bits per heavy atom. The van der Waals surface area contributed by atoms with E-state index in [0.29, 0.717) is 0 Å². The molecular formula is C13H11N5S. The van der Waals surface area contributed by atoms with Gasteiger partial charge in [-0.15, -0.1) is 21.5 Å². The Hall–Kier alpha value is -2.21. The molecule has 0 saturated carbocycles. The van der Waals surface area contributed by atoms with Crippen LogP contribution in [0.15, 0.2) is 29.8 Å². The van der Waals surface area contributed by atoms with Gasteiger partial charge in [0.15, 0.2) is 11.5 Å². The van der Waals surface area contributed by atoms with Gasteiger partial charge in [-0.1, -0.05) is 13.0 Å². The third-order valence-electron chi connectivity index (χ3n) is 3.27. The molecular weight excluding hydrogens is 258 g/mol. The summed E-state index contributed by atoms with van der Waals surface area (Å²) in [5.74, 6) is 0.901. The number of thiophene rings is 1. The zero-order chi connectivity index (χ0) is 12.8. The molecule has 0 bridgehead atoms. The Bertz CT molecular complexity index is 856. The van der Waals surface area contributed by atoms with E-state index >= 15 is 0 Å². The molecule has 4 aromatic heterocycles. The number of nitrogens with zero attached hydrogens (tertiary/aromatic N) is 4. The summed E-state index contributed by atoms with van der Waals surface area (Å²) in [5.41, 5.74) is 2.97. The van der Waals surface area contributed by atoms with Crippen molar-refractivity contribution in [2.75, 3.05) is 0 Å². The van der Waals surface area contributed by atoms with Crippen LogP contribution in [0.2, 0.25) is 0 Å². The first-order chi connectivity index (χ1) is 9.38. The summed E-state index contributed by atoms with van der Waals surface area (Å²) >= 11 is 1.67. The van der Waals surface area contributed by atoms with Gasteiger partial charge in [-0.3, -0.25) is 9.50 Å². The largest absolute Gasteiger partial charge is 0.277 e. The first-order valence-electron chi connectivity index (χ1n) is 6.12. The van der Waals surface area contributed by atoms with Crippen molar-refractivity contribution < 1.29 is 0 Å². The van der Waals surface area contributed by atoms with Crippen LogP contribution in [-0.4, -0.2) is 24.8 Å². The Balaban J connectivity index is 2.17. The van der Waals surface area contributed by atoms with E-state index in [9.17, 15) is 0 Å². The third-order valence-corrected chi connectivity index (χ3v) is 4.13. The lowest BCUT2D eigenvalue weighted by Crippen LogP contribution is -1.97. The van der Waals surface area contributed by atoms with Crippen molar-refractivity contribution in [3.8, 4) is 10.7 Å². The summed E-state index contributed by atoms with van der Waals surface area (Å²) in [6.45, 7) is 2.14. The molecule has 94 valence electrons. The Morgan fingerprint density at radius 3 is 3.11 bits per heavy atom. The van der Waals surface area contributed by atoms with E-state index in [1.165, 1.54) is 5.69 Å². The zero-order valence-corrected chi connectivity index (χ0v) is 11.1. The first kappa shape index (κ1) is 10.7. The number of rotatable bonds is 2. The zero-order valence-electron chi connectivity index (χ0n) is 10.3. The highest BCUT2D eigenvalue weighted by atomic mass is 32.1. The summed E-state index contributed by atoms with van der Waals surface area (Å²) in [6.07, 6.45) is 2.75. The minimum absolute atomic E-state index is 0.843. The van der Waals surface area contributed by atoms with Crippen molar-refractivity contribution in [1.82, 2.24) is 24.8 Å². The smallest absolute Gasteiger partial charge is 0.187 e. The second-order valence-corrected chi connectivity index (χ2v) is 5.30. The van der Waals surface area contributed by atoms with Crippen LogP contribution < -0.4 is 0 Å². The molecule has 4 rings (SSSR count). The van der Waals surface area contributed by atoms with Crippen molar-refractivity contribution in [3.63, 3.8) is 0 Å². The lowest BCUT2D eigenvalue weighted by Gasteiger charge is -2.05. The SMILES string of the molecule is CCc1cc2cn[nH]c2c2nnc(-c3cccs3)n12. The molecule has 0 aliphatic heterocycles. The van der Waals surface area contributed by atoms with Gasteiger partial charge in [-0.25, -0.2) is 0 Å². The number of pyridine rings is 1. The van der Waals surface area contributed by atoms with Gasteiger partial charge < -0.3 is 0 Å². The second-order valence-electron chi connectivity index (χ2n) is 4.35. The summed E-state index contributed by atoms with van der Waals surface area (Å²) in [7, 11) is 0. The number of aryl methyl sites for hydroxylation is 1. The van der Waals surface area contributed by atoms with E-state index in [1.54, 1.807) is 11.3 Å². The van der Waals surface area contributed by atoms with E-state index in [1.807, 2.05) is 12.3 Å². The molecule has 0 fully saturated rings. The predicted octanol–water partition coefficient (Wildman–Crippen LogP) is 2.90. The number of aromatic amines is 1. The molecule has 0 aromatic carbocycles. The molecule has 0 aliphatic carbocycles. The number of aromatic nitrogens is 5. The molecule has 0 radical (unpaired) electrons. The minimum atomic E-state index is 0.843. The fourth-order valence-corrected chi connectivity index (χ4v) is 3.07. The number of nitrogens with one attached hydrogen (secondary N) is 1. The highest BCUT2D eigenvalue weighted by Gasteiger charge is 2.15. The summed E-state index contributed by atoms with van der Waals surface area (Å²) in [5, 5.41) is 18.9. The van der Waals surface area contributed by atoms with Crippen LogP contribution in [0.3, 0.4) is 0 Å². The van der Waals surface area contributed by atoms with E-state index in [0.717, 1.165) is 33.7 Å². The van der Waals surface area contributed by atoms with Gasteiger partial charge in [0, 0.05) is 11.1 Å². The molecule has 0 amide bonds. The van der Waals surface area contributed by atoms with Crippen LogP contribution in [0.5, 0.6) is 0 Å². The van der Waals surface area contributed by atoms with E-state index in [-0.39, 0.29) is 0 Å². The van der Waals surface area contributed by atoms with E-state index < -0.39 is 0 Å². The molecule has 0 aliphatic rings. The predicted molar refractivity (Wildman–Crippen MR) is 75.3 cm³/mol. The maximum atomic E-state index is 4.35. The molecule has 0 unspecified atom stereocenters. The van der Waals surface area contributed by atoms with Crippen molar-refractivity contribution >= 4 is 27.9 Å². The Kier molecular flexibility index (Phi) is 2.19. The molecule has 5 nitrogen and oxygen atoms in total. The van der Waals surface area contributed by atoms with Crippen molar-refractivity contribution in [2.45, 2.75) is 13.3 Å². The first-order valence-corrected chi connectivity index (χ1v) is 7.00. The molecule has 0 spiro atoms. The van der Waals surface area contributed by atoms with Crippen LogP contribution in [0.25, 0.3) is 27.3 Å². The number of fused-ring (bicyclic) bond motifs is 3. The number of H-pyrrole nitrogens is 1. The lowest BCUT2D eigenvalue weighted by atomic mass is 10.2. The molecule has 0 saturated heterocycles. The average molecular weight is 269 g/mol. The van der Waals surface area contributed by atoms with Gasteiger partial charge >= 0.3 is 0 Å². The third kappa shape index (κ3) is 1.43. The second kappa shape index (κ2) is 3.89. The van der Waals surface area contributed by atoms with Gasteiger partial charge in [0.05, 0.1) is 11.1 Å². The van der Waals surface area contributed by atoms with Gasteiger partial charge in [-0.05, 0) is 23.9 Å². The summed E-state index contributed by atoms with van der Waals surface area (Å²) in [4.78, 5) is 1.13. The van der Waals surface area contributed by atoms with Gasteiger partial charge in [-0.2, -0.15) is 5.10 Å². The molecule has 4 aromatic rings.